The van der Waals surface area contributed by atoms with Gasteiger partial charge in [-0.1, -0.05) is 66.7 Å². The molecule has 0 fully saturated rings. The summed E-state index contributed by atoms with van der Waals surface area (Å²) >= 11 is 0. The van der Waals surface area contributed by atoms with E-state index < -0.39 is 5.56 Å². The van der Waals surface area contributed by atoms with E-state index in [4.69, 9.17) is 0 Å². The van der Waals surface area contributed by atoms with Crippen molar-refractivity contribution in [3.05, 3.63) is 138 Å². The summed E-state index contributed by atoms with van der Waals surface area (Å²) in [5, 5.41) is 3.33. The number of unbranched alkanes of at least 4 members (excludes halogenated alkanes) is 1. The number of aromatic nitrogens is 2. The Morgan fingerprint density at radius 2 is 1.38 bits per heavy atom. The Morgan fingerprint density at radius 1 is 0.769 bits per heavy atom. The second kappa shape index (κ2) is 12.4. The fraction of sp³-hybridized carbons (Fsp3) is 0.219. The van der Waals surface area contributed by atoms with Crippen LogP contribution in [-0.4, -0.2) is 40.4 Å². The normalized spacial score (nSPS) is 14.3. The number of benzene rings is 3. The van der Waals surface area contributed by atoms with Crippen molar-refractivity contribution in [3.8, 4) is 0 Å². The topological polar surface area (TPSA) is 98.1 Å². The second-order valence-electron chi connectivity index (χ2n) is 9.81. The third kappa shape index (κ3) is 6.89. The zero-order valence-electron chi connectivity index (χ0n) is 21.8. The van der Waals surface area contributed by atoms with Crippen molar-refractivity contribution in [1.29, 1.82) is 0 Å². The molecule has 39 heavy (non-hydrogen) atoms. The van der Waals surface area contributed by atoms with Crippen LogP contribution in [0.1, 0.15) is 45.5 Å². The zero-order valence-corrected chi connectivity index (χ0v) is 21.8. The molecule has 1 aliphatic heterocycles. The molecule has 2 heterocycles. The number of aromatic amines is 2. The van der Waals surface area contributed by atoms with Crippen molar-refractivity contribution >= 4 is 18.1 Å². The summed E-state index contributed by atoms with van der Waals surface area (Å²) in [5.41, 5.74) is 4.17. The Balaban J connectivity index is 1.13. The van der Waals surface area contributed by atoms with Crippen LogP contribution in [0.5, 0.6) is 0 Å². The van der Waals surface area contributed by atoms with Gasteiger partial charge in [0, 0.05) is 25.2 Å². The summed E-state index contributed by atoms with van der Waals surface area (Å²) in [6, 6.07) is 24.9. The largest absolute Gasteiger partial charge is 0.352 e. The summed E-state index contributed by atoms with van der Waals surface area (Å²) in [4.78, 5) is 45.4. The van der Waals surface area contributed by atoms with Gasteiger partial charge in [-0.15, -0.1) is 0 Å². The minimum atomic E-state index is -0.396. The van der Waals surface area contributed by atoms with E-state index in [-0.39, 0.29) is 22.2 Å². The third-order valence-electron chi connectivity index (χ3n) is 6.98. The van der Waals surface area contributed by atoms with Crippen LogP contribution in [0.4, 0.5) is 0 Å². The highest BCUT2D eigenvalue weighted by Gasteiger charge is 2.14. The third-order valence-corrected chi connectivity index (χ3v) is 6.98. The first-order valence-corrected chi connectivity index (χ1v) is 13.3. The van der Waals surface area contributed by atoms with Crippen molar-refractivity contribution in [2.45, 2.75) is 25.8 Å². The molecule has 0 saturated heterocycles. The molecule has 198 valence electrons. The van der Waals surface area contributed by atoms with Crippen LogP contribution in [0.15, 0.2) is 88.5 Å². The monoisotopic (exact) mass is 520 g/mol. The summed E-state index contributed by atoms with van der Waals surface area (Å²) < 4.78 is 0. The van der Waals surface area contributed by atoms with Gasteiger partial charge in [-0.25, -0.2) is 0 Å². The first-order valence-electron chi connectivity index (χ1n) is 13.3. The molecule has 1 aliphatic rings. The van der Waals surface area contributed by atoms with Gasteiger partial charge in [0.05, 0.1) is 0 Å². The Morgan fingerprint density at radius 3 is 2.08 bits per heavy atom. The summed E-state index contributed by atoms with van der Waals surface area (Å²) in [6.45, 7) is 3.74. The number of hydrogen-bond acceptors (Lipinski definition) is 4. The van der Waals surface area contributed by atoms with Crippen molar-refractivity contribution in [1.82, 2.24) is 20.2 Å². The molecule has 0 bridgehead atoms. The maximum Gasteiger partial charge on any atom is 0.272 e. The van der Waals surface area contributed by atoms with Crippen molar-refractivity contribution in [2.24, 2.45) is 0 Å². The van der Waals surface area contributed by atoms with Gasteiger partial charge in [-0.3, -0.25) is 19.3 Å². The molecule has 0 radical (unpaired) electrons. The molecule has 0 unspecified atom stereocenters. The molecule has 5 rings (SSSR count). The van der Waals surface area contributed by atoms with Crippen LogP contribution in [-0.2, 0) is 13.0 Å². The minimum absolute atomic E-state index is 0.125. The number of hydrogen-bond donors (Lipinski definition) is 3. The fourth-order valence-corrected chi connectivity index (χ4v) is 4.82. The predicted octanol–water partition coefficient (Wildman–Crippen LogP) is 2.29. The lowest BCUT2D eigenvalue weighted by molar-refractivity contribution is 0.0952. The lowest BCUT2D eigenvalue weighted by Crippen LogP contribution is -2.46. The Hall–Kier alpha value is -4.49. The van der Waals surface area contributed by atoms with E-state index in [2.05, 4.69) is 44.5 Å². The van der Waals surface area contributed by atoms with Crippen molar-refractivity contribution < 1.29 is 4.79 Å². The molecule has 1 aromatic heterocycles. The van der Waals surface area contributed by atoms with Gasteiger partial charge < -0.3 is 15.3 Å². The van der Waals surface area contributed by atoms with Crippen molar-refractivity contribution in [2.75, 3.05) is 19.6 Å². The zero-order chi connectivity index (χ0) is 27.0. The predicted molar refractivity (Wildman–Crippen MR) is 154 cm³/mol. The lowest BCUT2D eigenvalue weighted by Gasteiger charge is -2.28. The molecule has 3 N–H and O–H groups in total. The van der Waals surface area contributed by atoms with Crippen LogP contribution in [0.3, 0.4) is 0 Å². The van der Waals surface area contributed by atoms with E-state index in [9.17, 15) is 14.4 Å². The number of nitrogens with zero attached hydrogens (tertiary/aromatic N) is 1. The quantitative estimate of drug-likeness (QED) is 0.311. The number of carbonyl (C=O) groups excluding carboxylic acids is 1. The molecule has 0 spiro atoms. The number of H-pyrrole nitrogens is 2. The maximum absolute atomic E-state index is 12.6. The van der Waals surface area contributed by atoms with E-state index in [1.807, 2.05) is 30.3 Å². The van der Waals surface area contributed by atoms with E-state index in [0.717, 1.165) is 44.5 Å². The minimum Gasteiger partial charge on any atom is -0.352 e. The molecule has 3 aromatic carbocycles. The van der Waals surface area contributed by atoms with Gasteiger partial charge >= 0.3 is 0 Å². The highest BCUT2D eigenvalue weighted by molar-refractivity contribution is 5.94. The van der Waals surface area contributed by atoms with Gasteiger partial charge in [0.15, 0.2) is 0 Å². The highest BCUT2D eigenvalue weighted by atomic mass is 16.2. The van der Waals surface area contributed by atoms with Crippen LogP contribution in [0.25, 0.3) is 12.2 Å². The number of amides is 1. The molecule has 7 nitrogen and oxygen atoms in total. The van der Waals surface area contributed by atoms with Gasteiger partial charge in [-0.05, 0) is 72.3 Å². The van der Waals surface area contributed by atoms with Crippen LogP contribution >= 0.6 is 0 Å². The van der Waals surface area contributed by atoms with E-state index in [1.54, 1.807) is 36.4 Å². The molecular formula is C32H32N4O3. The summed E-state index contributed by atoms with van der Waals surface area (Å²) in [7, 11) is 0. The SMILES string of the molecule is O=C(NCCCCN1CCc2ccccc2C1)c1ccc(C=c2[nH]c(=O)c(=Cc3ccccc3)[nH]c2=O)cc1. The maximum atomic E-state index is 12.6. The number of nitrogens with one attached hydrogen (secondary N) is 3. The molecule has 0 atom stereocenters. The summed E-state index contributed by atoms with van der Waals surface area (Å²) in [6.07, 6.45) is 6.27. The van der Waals surface area contributed by atoms with Crippen LogP contribution in [0, 0.1) is 0 Å². The van der Waals surface area contributed by atoms with E-state index >= 15 is 0 Å². The molecular weight excluding hydrogens is 488 g/mol. The Kier molecular flexibility index (Phi) is 8.29. The molecule has 0 saturated carbocycles. The smallest absolute Gasteiger partial charge is 0.272 e. The molecule has 1 amide bonds. The van der Waals surface area contributed by atoms with Gasteiger partial charge in [0.2, 0.25) is 0 Å². The van der Waals surface area contributed by atoms with Crippen LogP contribution in [0.2, 0.25) is 0 Å². The van der Waals surface area contributed by atoms with Crippen molar-refractivity contribution in [3.63, 3.8) is 0 Å². The van der Waals surface area contributed by atoms with Gasteiger partial charge in [0.1, 0.15) is 10.7 Å². The van der Waals surface area contributed by atoms with E-state index in [0.29, 0.717) is 17.7 Å². The first kappa shape index (κ1) is 26.1. The molecule has 4 aromatic rings. The first-order chi connectivity index (χ1) is 19.0. The Labute approximate surface area is 226 Å². The average molecular weight is 521 g/mol. The summed E-state index contributed by atoms with van der Waals surface area (Å²) in [5.74, 6) is -0.125. The standard InChI is InChI=1S/C32H32N4O3/c37-30(33-17-6-7-18-36-19-16-25-10-4-5-11-27(25)22-36)26-14-12-24(13-15-26)21-29-32(39)34-28(31(38)35-29)20-23-8-2-1-3-9-23/h1-5,8-15,20-21H,6-7,16-19,22H2,(H,33,37)(H,34,39)(H,35,38). The molecule has 7 heteroatoms. The number of carbonyl (C=O) groups is 1. The number of fused-ring (bicyclic) bond motifs is 1. The molecule has 0 aliphatic carbocycles. The highest BCUT2D eigenvalue weighted by Crippen LogP contribution is 2.18. The second-order valence-corrected chi connectivity index (χ2v) is 9.81. The van der Waals surface area contributed by atoms with E-state index in [1.165, 1.54) is 11.1 Å². The lowest BCUT2D eigenvalue weighted by atomic mass is 10.00. The Bertz CT molecular complexity index is 1670. The number of rotatable bonds is 8. The van der Waals surface area contributed by atoms with Gasteiger partial charge in [0.25, 0.3) is 17.0 Å². The van der Waals surface area contributed by atoms with Gasteiger partial charge in [-0.2, -0.15) is 0 Å². The average Bonchev–Trinajstić information content (AvgIpc) is 2.96. The van der Waals surface area contributed by atoms with Crippen LogP contribution < -0.4 is 27.1 Å². The fourth-order valence-electron chi connectivity index (χ4n) is 4.82.